The quantitative estimate of drug-likeness (QED) is 0.581. The third-order valence-electron chi connectivity index (χ3n) is 2.92. The maximum atomic E-state index is 12.2. The number of ether oxygens (including phenoxy) is 1. The minimum Gasteiger partial charge on any atom is -0.460 e. The summed E-state index contributed by atoms with van der Waals surface area (Å²) >= 11 is 0. The number of benzene rings is 1. The van der Waals surface area contributed by atoms with Crippen LogP contribution in [0, 0.1) is 11.3 Å². The number of rotatable bonds is 5. The average Bonchev–Trinajstić information content (AvgIpc) is 2.33. The molecule has 0 amide bonds. The number of carbonyl (C=O) groups excluding carboxylic acids is 1. The molecule has 0 saturated heterocycles. The molecule has 0 bridgehead atoms. The lowest BCUT2D eigenvalue weighted by molar-refractivity contribution is -0.149. The van der Waals surface area contributed by atoms with Gasteiger partial charge in [0.05, 0.1) is 5.92 Å². The molecular formula is C17H24O2. The van der Waals surface area contributed by atoms with Crippen LogP contribution < -0.4 is 0 Å². The molecule has 0 aromatic heterocycles. The smallest absolute Gasteiger partial charge is 0.313 e. The Morgan fingerprint density at radius 2 is 1.84 bits per heavy atom. The zero-order valence-electron chi connectivity index (χ0n) is 12.4. The first-order valence-electron chi connectivity index (χ1n) is 6.65. The summed E-state index contributed by atoms with van der Waals surface area (Å²) < 4.78 is 5.40. The van der Waals surface area contributed by atoms with Gasteiger partial charge in [-0.1, -0.05) is 63.3 Å². The first-order valence-corrected chi connectivity index (χ1v) is 6.65. The van der Waals surface area contributed by atoms with Crippen LogP contribution in [0.4, 0.5) is 0 Å². The minimum absolute atomic E-state index is 0.0788. The lowest BCUT2D eigenvalue weighted by Gasteiger charge is -2.25. The predicted octanol–water partition coefficient (Wildman–Crippen LogP) is 4.36. The van der Waals surface area contributed by atoms with Crippen LogP contribution >= 0.6 is 0 Å². The summed E-state index contributed by atoms with van der Waals surface area (Å²) in [6.45, 7) is 12.5. The van der Waals surface area contributed by atoms with Crippen molar-refractivity contribution in [3.05, 3.63) is 48.0 Å². The maximum absolute atomic E-state index is 12.2. The van der Waals surface area contributed by atoms with Gasteiger partial charge in [0.15, 0.2) is 0 Å². The number of hydrogen-bond acceptors (Lipinski definition) is 2. The Kier molecular flexibility index (Phi) is 5.34. The molecule has 2 nitrogen and oxygen atoms in total. The number of esters is 1. The number of hydrogen-bond donors (Lipinski definition) is 0. The molecule has 19 heavy (non-hydrogen) atoms. The van der Waals surface area contributed by atoms with Crippen molar-refractivity contribution >= 4 is 5.97 Å². The van der Waals surface area contributed by atoms with Crippen LogP contribution in [-0.4, -0.2) is 5.97 Å². The van der Waals surface area contributed by atoms with Crippen LogP contribution in [0.15, 0.2) is 42.5 Å². The molecule has 1 atom stereocenters. The summed E-state index contributed by atoms with van der Waals surface area (Å²) in [6, 6.07) is 9.73. The Hall–Kier alpha value is -1.57. The topological polar surface area (TPSA) is 26.3 Å². The summed E-state index contributed by atoms with van der Waals surface area (Å²) in [5, 5.41) is 0. The van der Waals surface area contributed by atoms with Crippen LogP contribution in [0.25, 0.3) is 0 Å². The summed E-state index contributed by atoms with van der Waals surface area (Å²) in [7, 11) is 0. The van der Waals surface area contributed by atoms with Gasteiger partial charge >= 0.3 is 5.97 Å². The van der Waals surface area contributed by atoms with E-state index in [4.69, 9.17) is 4.74 Å². The van der Waals surface area contributed by atoms with Crippen LogP contribution in [-0.2, 0) is 16.1 Å². The molecule has 0 aliphatic carbocycles. The fourth-order valence-corrected chi connectivity index (χ4v) is 1.90. The SMILES string of the molecule is C=C(C)C(CC(C)(C)C)C(=O)OCc1ccccc1. The predicted molar refractivity (Wildman–Crippen MR) is 78.6 cm³/mol. The summed E-state index contributed by atoms with van der Waals surface area (Å²) in [5.74, 6) is -0.394. The van der Waals surface area contributed by atoms with E-state index >= 15 is 0 Å². The summed E-state index contributed by atoms with van der Waals surface area (Å²) in [4.78, 5) is 12.2. The van der Waals surface area contributed by atoms with Crippen molar-refractivity contribution in [1.82, 2.24) is 0 Å². The van der Waals surface area contributed by atoms with Crippen LogP contribution in [0.1, 0.15) is 39.7 Å². The van der Waals surface area contributed by atoms with Crippen molar-refractivity contribution in [1.29, 1.82) is 0 Å². The summed E-state index contributed by atoms with van der Waals surface area (Å²) in [6.07, 6.45) is 0.760. The van der Waals surface area contributed by atoms with Gasteiger partial charge in [-0.25, -0.2) is 0 Å². The molecule has 0 aliphatic rings. The molecule has 1 aromatic carbocycles. The molecule has 0 fully saturated rings. The maximum Gasteiger partial charge on any atom is 0.313 e. The molecule has 0 saturated carbocycles. The fourth-order valence-electron chi connectivity index (χ4n) is 1.90. The lowest BCUT2D eigenvalue weighted by atomic mass is 9.82. The van der Waals surface area contributed by atoms with Gasteiger partial charge in [0, 0.05) is 0 Å². The Bertz CT molecular complexity index is 426. The van der Waals surface area contributed by atoms with Gasteiger partial charge in [-0.05, 0) is 24.3 Å². The Morgan fingerprint density at radius 1 is 1.26 bits per heavy atom. The lowest BCUT2D eigenvalue weighted by Crippen LogP contribution is -2.24. The van der Waals surface area contributed by atoms with Crippen molar-refractivity contribution in [3.63, 3.8) is 0 Å². The van der Waals surface area contributed by atoms with Gasteiger partial charge in [-0.3, -0.25) is 4.79 Å². The zero-order chi connectivity index (χ0) is 14.5. The second-order valence-electron chi connectivity index (χ2n) is 6.26. The monoisotopic (exact) mass is 260 g/mol. The highest BCUT2D eigenvalue weighted by atomic mass is 16.5. The van der Waals surface area contributed by atoms with Crippen LogP contribution in [0.3, 0.4) is 0 Å². The van der Waals surface area contributed by atoms with Crippen LogP contribution in [0.2, 0.25) is 0 Å². The van der Waals surface area contributed by atoms with E-state index in [1.54, 1.807) is 0 Å². The molecule has 0 aliphatic heterocycles. The minimum atomic E-state index is -0.219. The van der Waals surface area contributed by atoms with Crippen molar-refractivity contribution in [3.8, 4) is 0 Å². The van der Waals surface area contributed by atoms with Gasteiger partial charge in [-0.2, -0.15) is 0 Å². The molecule has 1 unspecified atom stereocenters. The van der Waals surface area contributed by atoms with E-state index in [1.807, 2.05) is 37.3 Å². The van der Waals surface area contributed by atoms with Crippen LogP contribution in [0.5, 0.6) is 0 Å². The Balaban J connectivity index is 2.61. The van der Waals surface area contributed by atoms with Gasteiger partial charge in [0.25, 0.3) is 0 Å². The highest BCUT2D eigenvalue weighted by Crippen LogP contribution is 2.29. The molecule has 1 rings (SSSR count). The van der Waals surface area contributed by atoms with Crippen molar-refractivity contribution in [2.24, 2.45) is 11.3 Å². The molecular weight excluding hydrogens is 236 g/mol. The molecule has 0 N–H and O–H groups in total. The van der Waals surface area contributed by atoms with E-state index in [9.17, 15) is 4.79 Å². The standard InChI is InChI=1S/C17H24O2/c1-13(2)15(11-17(3,4)5)16(18)19-12-14-9-7-6-8-10-14/h6-10,15H,1,11-12H2,2-5H3. The second kappa shape index (κ2) is 6.55. The molecule has 0 radical (unpaired) electrons. The largest absolute Gasteiger partial charge is 0.460 e. The van der Waals surface area contributed by atoms with Gasteiger partial charge in [0.2, 0.25) is 0 Å². The molecule has 0 spiro atoms. The van der Waals surface area contributed by atoms with E-state index in [-0.39, 0.29) is 17.3 Å². The van der Waals surface area contributed by atoms with Crippen molar-refractivity contribution < 1.29 is 9.53 Å². The summed E-state index contributed by atoms with van der Waals surface area (Å²) in [5.41, 5.74) is 1.95. The Morgan fingerprint density at radius 3 is 2.32 bits per heavy atom. The van der Waals surface area contributed by atoms with Gasteiger partial charge in [-0.15, -0.1) is 0 Å². The van der Waals surface area contributed by atoms with Gasteiger partial charge in [0.1, 0.15) is 6.61 Å². The van der Waals surface area contributed by atoms with Crippen molar-refractivity contribution in [2.45, 2.75) is 40.7 Å². The molecule has 0 heterocycles. The van der Waals surface area contributed by atoms with E-state index in [0.29, 0.717) is 6.61 Å². The van der Waals surface area contributed by atoms with Crippen molar-refractivity contribution in [2.75, 3.05) is 0 Å². The fraction of sp³-hybridized carbons (Fsp3) is 0.471. The highest BCUT2D eigenvalue weighted by Gasteiger charge is 2.26. The zero-order valence-corrected chi connectivity index (χ0v) is 12.4. The Labute approximate surface area is 116 Å². The first kappa shape index (κ1) is 15.5. The van der Waals surface area contributed by atoms with Gasteiger partial charge < -0.3 is 4.74 Å². The molecule has 104 valence electrons. The van der Waals surface area contributed by atoms with E-state index in [0.717, 1.165) is 17.6 Å². The second-order valence-corrected chi connectivity index (χ2v) is 6.26. The number of carbonyl (C=O) groups is 1. The third kappa shape index (κ3) is 5.73. The normalized spacial score (nSPS) is 12.8. The van der Waals surface area contributed by atoms with E-state index in [1.165, 1.54) is 0 Å². The van der Waals surface area contributed by atoms with E-state index < -0.39 is 0 Å². The molecule has 2 heteroatoms. The first-order chi connectivity index (χ1) is 8.79. The highest BCUT2D eigenvalue weighted by molar-refractivity contribution is 5.75. The average molecular weight is 260 g/mol. The molecule has 1 aromatic rings. The third-order valence-corrected chi connectivity index (χ3v) is 2.92. The van der Waals surface area contributed by atoms with E-state index in [2.05, 4.69) is 27.4 Å².